The minimum Gasteiger partial charge on any atom is -0.494 e. The first-order valence-corrected chi connectivity index (χ1v) is 6.05. The van der Waals surface area contributed by atoms with Crippen LogP contribution in [0, 0.1) is 11.6 Å². The Labute approximate surface area is 119 Å². The molecule has 0 spiro atoms. The molecule has 0 saturated carbocycles. The van der Waals surface area contributed by atoms with Crippen molar-refractivity contribution in [1.29, 1.82) is 0 Å². The number of aromatic hydroxyl groups is 1. The van der Waals surface area contributed by atoms with E-state index in [1.165, 1.54) is 0 Å². The molecule has 0 atom stereocenters. The fraction of sp³-hybridized carbons (Fsp3) is 0. The summed E-state index contributed by atoms with van der Waals surface area (Å²) in [5.74, 6) is -2.96. The van der Waals surface area contributed by atoms with Crippen molar-refractivity contribution in [2.24, 2.45) is 0 Å². The molecular weight excluding hydrogens is 338 g/mol. The zero-order chi connectivity index (χ0) is 14.9. The maximum absolute atomic E-state index is 13.5. The highest BCUT2D eigenvalue weighted by Crippen LogP contribution is 2.23. The second-order valence-corrected chi connectivity index (χ2v) is 4.67. The van der Waals surface area contributed by atoms with Gasteiger partial charge in [0.2, 0.25) is 0 Å². The maximum atomic E-state index is 13.5. The van der Waals surface area contributed by atoms with Gasteiger partial charge in [0.05, 0.1) is 15.7 Å². The number of H-pyrrole nitrogens is 1. The Balaban J connectivity index is 2.32. The van der Waals surface area contributed by atoms with Gasteiger partial charge in [-0.25, -0.2) is 8.78 Å². The largest absolute Gasteiger partial charge is 0.494 e. The molecule has 0 bridgehead atoms. The highest BCUT2D eigenvalue weighted by Gasteiger charge is 2.13. The molecule has 0 radical (unpaired) electrons. The Morgan fingerprint density at radius 2 is 1.90 bits per heavy atom. The normalized spacial score (nSPS) is 10.3. The molecule has 104 valence electrons. The number of pyridine rings is 1. The molecule has 2 rings (SSSR count). The van der Waals surface area contributed by atoms with E-state index < -0.39 is 29.0 Å². The van der Waals surface area contributed by atoms with Crippen LogP contribution in [0.25, 0.3) is 0 Å². The van der Waals surface area contributed by atoms with Crippen LogP contribution in [0.15, 0.2) is 33.5 Å². The first-order chi connectivity index (χ1) is 9.36. The number of rotatable bonds is 2. The quantitative estimate of drug-likeness (QED) is 0.731. The molecule has 0 saturated heterocycles. The van der Waals surface area contributed by atoms with Crippen molar-refractivity contribution in [3.05, 3.63) is 56.3 Å². The van der Waals surface area contributed by atoms with Crippen molar-refractivity contribution in [3.63, 3.8) is 0 Å². The summed E-state index contributed by atoms with van der Waals surface area (Å²) in [6.07, 6.45) is 0. The predicted octanol–water partition coefficient (Wildman–Crippen LogP) is 2.37. The first-order valence-electron chi connectivity index (χ1n) is 5.26. The summed E-state index contributed by atoms with van der Waals surface area (Å²) in [5.41, 5.74) is -1.26. The van der Waals surface area contributed by atoms with Crippen molar-refractivity contribution in [1.82, 2.24) is 4.98 Å². The van der Waals surface area contributed by atoms with Gasteiger partial charge in [-0.15, -0.1) is 0 Å². The smallest absolute Gasteiger partial charge is 0.256 e. The van der Waals surface area contributed by atoms with E-state index in [9.17, 15) is 18.4 Å². The lowest BCUT2D eigenvalue weighted by Crippen LogP contribution is -2.16. The van der Waals surface area contributed by atoms with Gasteiger partial charge in [-0.2, -0.15) is 0 Å². The molecule has 2 aromatic rings. The summed E-state index contributed by atoms with van der Waals surface area (Å²) in [7, 11) is 0. The van der Waals surface area contributed by atoms with Crippen molar-refractivity contribution in [2.45, 2.75) is 0 Å². The van der Waals surface area contributed by atoms with E-state index in [-0.39, 0.29) is 15.7 Å². The molecule has 3 N–H and O–H groups in total. The van der Waals surface area contributed by atoms with Crippen LogP contribution in [0.4, 0.5) is 14.5 Å². The minimum atomic E-state index is -0.855. The molecule has 0 aliphatic carbocycles. The predicted molar refractivity (Wildman–Crippen MR) is 70.7 cm³/mol. The Bertz CT molecular complexity index is 746. The molecule has 0 aliphatic heterocycles. The summed E-state index contributed by atoms with van der Waals surface area (Å²) in [5, 5.41) is 11.3. The number of hydrogen-bond acceptors (Lipinski definition) is 3. The van der Waals surface area contributed by atoms with E-state index >= 15 is 0 Å². The number of amides is 1. The van der Waals surface area contributed by atoms with Gasteiger partial charge in [-0.05, 0) is 22.0 Å². The van der Waals surface area contributed by atoms with Crippen LogP contribution in [0.1, 0.15) is 10.4 Å². The standard InChI is InChI=1S/C12H7BrF2N2O3/c13-6-3-8(15)9(4-7(6)14)16-12(20)5-1-10(18)17-11(19)2-5/h1-4H,(H,16,20)(H2,17,18,19). The lowest BCUT2D eigenvalue weighted by atomic mass is 10.2. The third kappa shape index (κ3) is 3.02. The fourth-order valence-corrected chi connectivity index (χ4v) is 1.79. The van der Waals surface area contributed by atoms with Crippen molar-refractivity contribution >= 4 is 27.5 Å². The summed E-state index contributed by atoms with van der Waals surface area (Å²) in [6, 6.07) is 3.57. The van der Waals surface area contributed by atoms with Crippen molar-refractivity contribution < 1.29 is 18.7 Å². The summed E-state index contributed by atoms with van der Waals surface area (Å²) in [4.78, 5) is 24.9. The first kappa shape index (κ1) is 14.2. The second-order valence-electron chi connectivity index (χ2n) is 3.82. The fourth-order valence-electron chi connectivity index (χ4n) is 1.47. The van der Waals surface area contributed by atoms with Crippen molar-refractivity contribution in [2.75, 3.05) is 5.32 Å². The molecule has 1 heterocycles. The molecule has 1 aromatic carbocycles. The number of aromatic amines is 1. The Morgan fingerprint density at radius 1 is 1.20 bits per heavy atom. The Kier molecular flexibility index (Phi) is 3.84. The highest BCUT2D eigenvalue weighted by molar-refractivity contribution is 9.10. The Hall–Kier alpha value is -2.22. The number of carbonyl (C=O) groups excluding carboxylic acids is 1. The van der Waals surface area contributed by atoms with E-state index in [0.717, 1.165) is 24.3 Å². The molecule has 5 nitrogen and oxygen atoms in total. The zero-order valence-electron chi connectivity index (χ0n) is 9.71. The van der Waals surface area contributed by atoms with Gasteiger partial charge in [0.25, 0.3) is 11.5 Å². The number of nitrogens with one attached hydrogen (secondary N) is 2. The van der Waals surface area contributed by atoms with E-state index in [0.29, 0.717) is 0 Å². The van der Waals surface area contributed by atoms with Crippen LogP contribution >= 0.6 is 15.9 Å². The van der Waals surface area contributed by atoms with Crippen LogP contribution in [-0.2, 0) is 0 Å². The van der Waals surface area contributed by atoms with E-state index in [1.807, 2.05) is 4.98 Å². The van der Waals surface area contributed by atoms with Crippen LogP contribution in [0.3, 0.4) is 0 Å². The molecule has 20 heavy (non-hydrogen) atoms. The molecule has 1 aromatic heterocycles. The molecule has 8 heteroatoms. The average Bonchev–Trinajstić information content (AvgIpc) is 2.34. The summed E-state index contributed by atoms with van der Waals surface area (Å²) < 4.78 is 26.7. The molecule has 0 unspecified atom stereocenters. The van der Waals surface area contributed by atoms with Crippen LogP contribution in [0.5, 0.6) is 5.88 Å². The monoisotopic (exact) mass is 344 g/mol. The highest BCUT2D eigenvalue weighted by atomic mass is 79.9. The number of hydrogen-bond donors (Lipinski definition) is 3. The Morgan fingerprint density at radius 3 is 2.55 bits per heavy atom. The van der Waals surface area contributed by atoms with Crippen molar-refractivity contribution in [3.8, 4) is 5.88 Å². The topological polar surface area (TPSA) is 82.2 Å². The minimum absolute atomic E-state index is 0.0817. The number of benzene rings is 1. The van der Waals surface area contributed by atoms with E-state index in [4.69, 9.17) is 5.11 Å². The summed E-state index contributed by atoms with van der Waals surface area (Å²) >= 11 is 2.80. The second kappa shape index (κ2) is 5.41. The molecule has 0 aliphatic rings. The lowest BCUT2D eigenvalue weighted by Gasteiger charge is -2.07. The van der Waals surface area contributed by atoms with Gasteiger partial charge >= 0.3 is 0 Å². The third-order valence-corrected chi connectivity index (χ3v) is 2.96. The number of halogens is 3. The van der Waals surface area contributed by atoms with Crippen LogP contribution < -0.4 is 10.9 Å². The van der Waals surface area contributed by atoms with Gasteiger partial charge in [0, 0.05) is 18.2 Å². The number of aromatic nitrogens is 1. The van der Waals surface area contributed by atoms with Crippen LogP contribution in [-0.4, -0.2) is 16.0 Å². The molecular formula is C12H7BrF2N2O3. The maximum Gasteiger partial charge on any atom is 0.256 e. The number of anilines is 1. The average molecular weight is 345 g/mol. The third-order valence-electron chi connectivity index (χ3n) is 2.35. The van der Waals surface area contributed by atoms with Gasteiger partial charge in [-0.1, -0.05) is 0 Å². The molecule has 1 amide bonds. The summed E-state index contributed by atoms with van der Waals surface area (Å²) in [6.45, 7) is 0. The number of carbonyl (C=O) groups is 1. The molecule has 0 fully saturated rings. The van der Waals surface area contributed by atoms with E-state index in [1.54, 1.807) is 0 Å². The van der Waals surface area contributed by atoms with Gasteiger partial charge in [0.1, 0.15) is 11.6 Å². The lowest BCUT2D eigenvalue weighted by molar-refractivity contribution is 0.102. The zero-order valence-corrected chi connectivity index (χ0v) is 11.3. The van der Waals surface area contributed by atoms with Gasteiger partial charge < -0.3 is 10.4 Å². The van der Waals surface area contributed by atoms with E-state index in [2.05, 4.69) is 21.2 Å². The van der Waals surface area contributed by atoms with Gasteiger partial charge in [0.15, 0.2) is 5.88 Å². The van der Waals surface area contributed by atoms with Crippen LogP contribution in [0.2, 0.25) is 0 Å². The van der Waals surface area contributed by atoms with Gasteiger partial charge in [-0.3, -0.25) is 14.6 Å². The SMILES string of the molecule is O=C(Nc1cc(F)c(Br)cc1F)c1cc(O)[nH]c(=O)c1.